The van der Waals surface area contributed by atoms with Crippen LogP contribution in [-0.2, 0) is 5.60 Å². The maximum Gasteiger partial charge on any atom is 0.157 e. The minimum atomic E-state index is -0.931. The van der Waals surface area contributed by atoms with Gasteiger partial charge in [0.1, 0.15) is 5.75 Å². The summed E-state index contributed by atoms with van der Waals surface area (Å²) >= 11 is 0. The van der Waals surface area contributed by atoms with Crippen LogP contribution >= 0.6 is 0 Å². The van der Waals surface area contributed by atoms with E-state index in [9.17, 15) is 1.37 Å². The van der Waals surface area contributed by atoms with E-state index in [0.29, 0.717) is 0 Å². The molecule has 0 atom stereocenters. The Bertz CT molecular complexity index is 896. The Morgan fingerprint density at radius 1 is 0.773 bits per heavy atom. The van der Waals surface area contributed by atoms with E-state index in [1.807, 2.05) is 48.5 Å². The lowest BCUT2D eigenvalue weighted by Gasteiger charge is -2.37. The predicted molar refractivity (Wildman–Crippen MR) is 87.4 cm³/mol. The zero-order valence-electron chi connectivity index (χ0n) is 13.3. The maximum absolute atomic E-state index is 9.50. The van der Waals surface area contributed by atoms with Crippen LogP contribution in [0.4, 0.5) is 0 Å². The van der Waals surface area contributed by atoms with Gasteiger partial charge in [0.2, 0.25) is 0 Å². The topological polar surface area (TPSA) is 9.23 Å². The number of rotatable bonds is 0. The molecule has 1 aliphatic carbocycles. The van der Waals surface area contributed by atoms with E-state index in [1.165, 1.54) is 0 Å². The molecule has 3 aliphatic rings. The minimum absolute atomic E-state index is 0.565. The first-order chi connectivity index (χ1) is 11.2. The van der Waals surface area contributed by atoms with Gasteiger partial charge >= 0.3 is 0 Å². The fraction of sp³-hybridized carbons (Fsp3) is 0.143. The summed E-state index contributed by atoms with van der Waals surface area (Å²) in [6.07, 6.45) is 0. The molecule has 2 aliphatic heterocycles. The quantitative estimate of drug-likeness (QED) is 0.574. The van der Waals surface area contributed by atoms with Gasteiger partial charge in [0.05, 0.1) is 0 Å². The first-order valence-electron chi connectivity index (χ1n) is 8.14. The molecule has 6 rings (SSSR count). The highest BCUT2D eigenvalue weighted by molar-refractivity contribution is 5.63. The number of ether oxygens (including phenoxy) is 1. The minimum Gasteiger partial charge on any atom is -0.478 e. The second-order valence-corrected chi connectivity index (χ2v) is 6.10. The van der Waals surface area contributed by atoms with Crippen LogP contribution < -0.4 is 4.74 Å². The molecular weight excluding hydrogens is 268 g/mol. The first-order valence-corrected chi connectivity index (χ1v) is 7.64. The highest BCUT2D eigenvalue weighted by atomic mass is 16.5. The summed E-state index contributed by atoms with van der Waals surface area (Å²) in [4.78, 5) is 0. The zero-order chi connectivity index (χ0) is 15.7. The Labute approximate surface area is 131 Å². The molecule has 0 spiro atoms. The highest BCUT2D eigenvalue weighted by Crippen LogP contribution is 2.54. The van der Waals surface area contributed by atoms with Gasteiger partial charge in [-0.2, -0.15) is 0 Å². The van der Waals surface area contributed by atoms with Crippen molar-refractivity contribution in [3.8, 4) is 5.75 Å². The van der Waals surface area contributed by atoms with Crippen molar-refractivity contribution in [2.45, 2.75) is 18.4 Å². The van der Waals surface area contributed by atoms with E-state index >= 15 is 0 Å². The standard InChI is InChI=1S/C21H16O/c1-21-17-11-5-2-8-14(17)20(15-9-3-6-12-18(15)21)16-10-4-7-13-19(16)22-21/h2-13,20H,1H3/i20D. The SMILES string of the molecule is [2H]C12c3ccccc3OC(C)(c3ccccc31)c1ccccc12. The molecule has 2 heterocycles. The molecule has 3 aromatic rings. The summed E-state index contributed by atoms with van der Waals surface area (Å²) in [5.74, 6) is -0.128. The Hall–Kier alpha value is -2.54. The van der Waals surface area contributed by atoms with Crippen LogP contribution in [-0.4, -0.2) is 0 Å². The molecule has 0 radical (unpaired) electrons. The fourth-order valence-electron chi connectivity index (χ4n) is 3.91. The number of hydrogen-bond donors (Lipinski definition) is 0. The summed E-state index contributed by atoms with van der Waals surface area (Å²) in [6.45, 7) is 2.12. The average molecular weight is 285 g/mol. The van der Waals surface area contributed by atoms with Crippen molar-refractivity contribution >= 4 is 0 Å². The third kappa shape index (κ3) is 1.34. The molecule has 2 bridgehead atoms. The van der Waals surface area contributed by atoms with Crippen LogP contribution in [0.3, 0.4) is 0 Å². The van der Waals surface area contributed by atoms with E-state index in [2.05, 4.69) is 31.2 Å². The molecule has 0 saturated carbocycles. The van der Waals surface area contributed by atoms with Gasteiger partial charge in [-0.15, -0.1) is 0 Å². The van der Waals surface area contributed by atoms with Gasteiger partial charge in [-0.3, -0.25) is 0 Å². The van der Waals surface area contributed by atoms with Crippen molar-refractivity contribution < 1.29 is 6.11 Å². The molecule has 0 fully saturated rings. The van der Waals surface area contributed by atoms with Crippen molar-refractivity contribution in [1.29, 1.82) is 0 Å². The highest BCUT2D eigenvalue weighted by Gasteiger charge is 2.46. The molecule has 0 aromatic heterocycles. The van der Waals surface area contributed by atoms with Crippen LogP contribution in [0.15, 0.2) is 72.8 Å². The zero-order valence-corrected chi connectivity index (χ0v) is 12.3. The third-order valence-corrected chi connectivity index (χ3v) is 4.89. The van der Waals surface area contributed by atoms with E-state index in [1.54, 1.807) is 0 Å². The van der Waals surface area contributed by atoms with Gasteiger partial charge in [-0.1, -0.05) is 66.7 Å². The molecule has 0 N–H and O–H groups in total. The number of benzene rings is 3. The second kappa shape index (κ2) is 4.01. The summed E-state index contributed by atoms with van der Waals surface area (Å²) in [6, 6.07) is 24.4. The van der Waals surface area contributed by atoms with Crippen LogP contribution in [0, 0.1) is 0 Å². The Morgan fingerprint density at radius 3 is 1.91 bits per heavy atom. The lowest BCUT2D eigenvalue weighted by Crippen LogP contribution is -2.34. The van der Waals surface area contributed by atoms with Gasteiger partial charge in [-0.25, -0.2) is 0 Å². The van der Waals surface area contributed by atoms with Gasteiger partial charge < -0.3 is 4.74 Å². The van der Waals surface area contributed by atoms with Crippen LogP contribution in [0.5, 0.6) is 5.75 Å². The van der Waals surface area contributed by atoms with Crippen molar-refractivity contribution in [2.75, 3.05) is 0 Å². The number of hydrogen-bond acceptors (Lipinski definition) is 1. The molecule has 0 unspecified atom stereocenters. The van der Waals surface area contributed by atoms with Crippen LogP contribution in [0.2, 0.25) is 0 Å². The molecule has 22 heavy (non-hydrogen) atoms. The Morgan fingerprint density at radius 2 is 1.27 bits per heavy atom. The third-order valence-electron chi connectivity index (χ3n) is 4.89. The normalized spacial score (nSPS) is 27.8. The Balaban J connectivity index is 2.03. The molecule has 0 amide bonds. The largest absolute Gasteiger partial charge is 0.478 e. The summed E-state index contributed by atoms with van der Waals surface area (Å²) in [5.41, 5.74) is 4.57. The van der Waals surface area contributed by atoms with Gasteiger partial charge in [0.25, 0.3) is 0 Å². The van der Waals surface area contributed by atoms with E-state index in [-0.39, 0.29) is 0 Å². The number of para-hydroxylation sites is 1. The second-order valence-electron chi connectivity index (χ2n) is 6.10. The summed E-state index contributed by atoms with van der Waals surface area (Å²) < 4.78 is 16.0. The smallest absolute Gasteiger partial charge is 0.157 e. The Kier molecular flexibility index (Phi) is 2.02. The molecule has 3 aromatic carbocycles. The molecule has 0 saturated heterocycles. The van der Waals surface area contributed by atoms with E-state index in [0.717, 1.165) is 33.6 Å². The maximum atomic E-state index is 9.50. The van der Waals surface area contributed by atoms with Crippen LogP contribution in [0.25, 0.3) is 0 Å². The van der Waals surface area contributed by atoms with Crippen molar-refractivity contribution in [1.82, 2.24) is 0 Å². The van der Waals surface area contributed by atoms with Gasteiger partial charge in [0, 0.05) is 24.0 Å². The van der Waals surface area contributed by atoms with Gasteiger partial charge in [0.15, 0.2) is 5.60 Å². The van der Waals surface area contributed by atoms with Crippen molar-refractivity contribution in [2.24, 2.45) is 0 Å². The fourth-order valence-corrected chi connectivity index (χ4v) is 3.91. The molecule has 1 nitrogen and oxygen atoms in total. The monoisotopic (exact) mass is 285 g/mol. The van der Waals surface area contributed by atoms with Gasteiger partial charge in [-0.05, 0) is 24.1 Å². The van der Waals surface area contributed by atoms with Crippen LogP contribution in [0.1, 0.15) is 42.0 Å². The molecule has 1 heteroatoms. The predicted octanol–water partition coefficient (Wildman–Crippen LogP) is 4.84. The lowest BCUT2D eigenvalue weighted by molar-refractivity contribution is 0.132. The summed E-state index contributed by atoms with van der Waals surface area (Å²) in [7, 11) is 0. The molecular formula is C21H16O. The van der Waals surface area contributed by atoms with Crippen molar-refractivity contribution in [3.05, 3.63) is 101 Å². The van der Waals surface area contributed by atoms with Crippen molar-refractivity contribution in [3.63, 3.8) is 0 Å². The first kappa shape index (κ1) is 11.1. The average Bonchev–Trinajstić information content (AvgIpc) is 2.74. The lowest BCUT2D eigenvalue weighted by atomic mass is 9.70. The van der Waals surface area contributed by atoms with E-state index in [4.69, 9.17) is 4.74 Å². The summed E-state index contributed by atoms with van der Waals surface area (Å²) in [5, 5.41) is 0. The van der Waals surface area contributed by atoms with E-state index < -0.39 is 11.5 Å². The molecule has 106 valence electrons.